The van der Waals surface area contributed by atoms with Gasteiger partial charge >= 0.3 is 0 Å². The summed E-state index contributed by atoms with van der Waals surface area (Å²) < 4.78 is 5.55. The molecule has 2 aromatic heterocycles. The molecular formula is C19H23N5O2. The van der Waals surface area contributed by atoms with E-state index in [0.29, 0.717) is 19.1 Å². The zero-order chi connectivity index (χ0) is 17.8. The molecule has 2 aliphatic heterocycles. The van der Waals surface area contributed by atoms with Crippen LogP contribution in [0.15, 0.2) is 36.8 Å². The van der Waals surface area contributed by atoms with E-state index in [0.717, 1.165) is 50.2 Å². The van der Waals surface area contributed by atoms with E-state index in [1.807, 2.05) is 23.1 Å². The number of nitrogens with zero attached hydrogens (tertiary/aromatic N) is 5. The third-order valence-electron chi connectivity index (χ3n) is 4.90. The number of amides is 1. The van der Waals surface area contributed by atoms with Crippen molar-refractivity contribution in [2.45, 2.75) is 25.4 Å². The van der Waals surface area contributed by atoms with Crippen LogP contribution < -0.4 is 4.90 Å². The molecule has 1 amide bonds. The van der Waals surface area contributed by atoms with Crippen LogP contribution in [0, 0.1) is 0 Å². The molecule has 1 atom stereocenters. The maximum absolute atomic E-state index is 12.6. The SMILES string of the molecule is O=C(C1CCCO1)N1CCCN(c2nccc(-c3cccnc3)n2)CC1. The number of pyridine rings is 1. The normalized spacial score (nSPS) is 20.8. The van der Waals surface area contributed by atoms with Gasteiger partial charge in [-0.1, -0.05) is 0 Å². The van der Waals surface area contributed by atoms with Gasteiger partial charge in [-0.25, -0.2) is 9.97 Å². The summed E-state index contributed by atoms with van der Waals surface area (Å²) in [6.07, 6.45) is 7.81. The average molecular weight is 353 g/mol. The minimum absolute atomic E-state index is 0.134. The molecule has 1 unspecified atom stereocenters. The van der Waals surface area contributed by atoms with Crippen molar-refractivity contribution >= 4 is 11.9 Å². The summed E-state index contributed by atoms with van der Waals surface area (Å²) in [6.45, 7) is 3.71. The van der Waals surface area contributed by atoms with Crippen LogP contribution in [-0.4, -0.2) is 64.6 Å². The van der Waals surface area contributed by atoms with Crippen molar-refractivity contribution in [3.63, 3.8) is 0 Å². The number of carbonyl (C=O) groups excluding carboxylic acids is 1. The standard InChI is InChI=1S/C19H23N5O2/c25-18(17-5-2-13-26-17)23-9-3-10-24(12-11-23)19-21-8-6-16(22-19)15-4-1-7-20-14-15/h1,4,6-8,14,17H,2-3,5,9-13H2. The second kappa shape index (κ2) is 7.78. The van der Waals surface area contributed by atoms with Crippen LogP contribution in [0.3, 0.4) is 0 Å². The number of anilines is 1. The highest BCUT2D eigenvalue weighted by molar-refractivity contribution is 5.81. The number of rotatable bonds is 3. The number of aromatic nitrogens is 3. The Morgan fingerprint density at radius 1 is 1.12 bits per heavy atom. The van der Waals surface area contributed by atoms with Crippen molar-refractivity contribution in [1.82, 2.24) is 19.9 Å². The fourth-order valence-corrected chi connectivity index (χ4v) is 3.49. The van der Waals surface area contributed by atoms with Crippen molar-refractivity contribution in [2.75, 3.05) is 37.7 Å². The van der Waals surface area contributed by atoms with Crippen LogP contribution in [0.4, 0.5) is 5.95 Å². The van der Waals surface area contributed by atoms with Gasteiger partial charge in [-0.2, -0.15) is 0 Å². The Bertz CT molecular complexity index is 749. The summed E-state index contributed by atoms with van der Waals surface area (Å²) in [5.74, 6) is 0.840. The first-order valence-corrected chi connectivity index (χ1v) is 9.20. The summed E-state index contributed by atoms with van der Waals surface area (Å²) in [5.41, 5.74) is 1.83. The molecule has 7 nitrogen and oxygen atoms in total. The Labute approximate surface area is 153 Å². The molecule has 0 radical (unpaired) electrons. The van der Waals surface area contributed by atoms with Gasteiger partial charge in [-0.15, -0.1) is 0 Å². The molecule has 0 N–H and O–H groups in total. The summed E-state index contributed by atoms with van der Waals surface area (Å²) in [4.78, 5) is 30.0. The molecule has 0 aromatic carbocycles. The topological polar surface area (TPSA) is 71.5 Å². The lowest BCUT2D eigenvalue weighted by Crippen LogP contribution is -2.41. The Balaban J connectivity index is 1.45. The predicted octanol–water partition coefficient (Wildman–Crippen LogP) is 1.76. The molecule has 0 aliphatic carbocycles. The smallest absolute Gasteiger partial charge is 0.251 e. The molecule has 26 heavy (non-hydrogen) atoms. The number of hydrogen-bond acceptors (Lipinski definition) is 6. The fraction of sp³-hybridized carbons (Fsp3) is 0.474. The average Bonchev–Trinajstić information content (AvgIpc) is 3.13. The van der Waals surface area contributed by atoms with Crippen molar-refractivity contribution < 1.29 is 9.53 Å². The van der Waals surface area contributed by atoms with Gasteiger partial charge in [0.15, 0.2) is 0 Å². The van der Waals surface area contributed by atoms with Crippen LogP contribution in [0.2, 0.25) is 0 Å². The van der Waals surface area contributed by atoms with E-state index in [4.69, 9.17) is 9.72 Å². The van der Waals surface area contributed by atoms with Crippen LogP contribution in [0.5, 0.6) is 0 Å². The highest BCUT2D eigenvalue weighted by atomic mass is 16.5. The highest BCUT2D eigenvalue weighted by Gasteiger charge is 2.29. The zero-order valence-electron chi connectivity index (χ0n) is 14.8. The Kier molecular flexibility index (Phi) is 5.06. The summed E-state index contributed by atoms with van der Waals surface area (Å²) in [5, 5.41) is 0. The predicted molar refractivity (Wildman–Crippen MR) is 97.6 cm³/mol. The molecular weight excluding hydrogens is 330 g/mol. The van der Waals surface area contributed by atoms with Gasteiger partial charge in [0.05, 0.1) is 5.69 Å². The van der Waals surface area contributed by atoms with E-state index >= 15 is 0 Å². The van der Waals surface area contributed by atoms with Crippen LogP contribution >= 0.6 is 0 Å². The van der Waals surface area contributed by atoms with E-state index in [1.54, 1.807) is 18.6 Å². The van der Waals surface area contributed by atoms with Gasteiger partial charge < -0.3 is 14.5 Å². The zero-order valence-corrected chi connectivity index (χ0v) is 14.8. The lowest BCUT2D eigenvalue weighted by molar-refractivity contribution is -0.140. The first-order chi connectivity index (χ1) is 12.8. The van der Waals surface area contributed by atoms with Gasteiger partial charge in [-0.05, 0) is 37.5 Å². The van der Waals surface area contributed by atoms with Crippen molar-refractivity contribution in [3.05, 3.63) is 36.8 Å². The van der Waals surface area contributed by atoms with Gasteiger partial charge in [0.1, 0.15) is 6.10 Å². The summed E-state index contributed by atoms with van der Waals surface area (Å²) in [6, 6.07) is 5.78. The van der Waals surface area contributed by atoms with Gasteiger partial charge in [0.25, 0.3) is 5.91 Å². The molecule has 2 fully saturated rings. The maximum atomic E-state index is 12.6. The molecule has 0 spiro atoms. The van der Waals surface area contributed by atoms with E-state index in [1.165, 1.54) is 0 Å². The first kappa shape index (κ1) is 16.9. The molecule has 0 bridgehead atoms. The minimum Gasteiger partial charge on any atom is -0.368 e. The molecule has 2 saturated heterocycles. The highest BCUT2D eigenvalue weighted by Crippen LogP contribution is 2.20. The van der Waals surface area contributed by atoms with Crippen molar-refractivity contribution in [2.24, 2.45) is 0 Å². The molecule has 4 heterocycles. The van der Waals surface area contributed by atoms with Crippen LogP contribution in [0.1, 0.15) is 19.3 Å². The van der Waals surface area contributed by atoms with Gasteiger partial charge in [0.2, 0.25) is 5.95 Å². The van der Waals surface area contributed by atoms with Gasteiger partial charge in [-0.3, -0.25) is 9.78 Å². The summed E-state index contributed by atoms with van der Waals surface area (Å²) >= 11 is 0. The largest absolute Gasteiger partial charge is 0.368 e. The Morgan fingerprint density at radius 2 is 2.08 bits per heavy atom. The van der Waals surface area contributed by atoms with Gasteiger partial charge in [0, 0.05) is 56.9 Å². The quantitative estimate of drug-likeness (QED) is 0.837. The molecule has 2 aromatic rings. The lowest BCUT2D eigenvalue weighted by atomic mass is 10.2. The van der Waals surface area contributed by atoms with E-state index < -0.39 is 0 Å². The van der Waals surface area contributed by atoms with Crippen LogP contribution in [-0.2, 0) is 9.53 Å². The second-order valence-electron chi connectivity index (χ2n) is 6.65. The fourth-order valence-electron chi connectivity index (χ4n) is 3.49. The van der Waals surface area contributed by atoms with E-state index in [-0.39, 0.29) is 12.0 Å². The third-order valence-corrected chi connectivity index (χ3v) is 4.90. The second-order valence-corrected chi connectivity index (χ2v) is 6.65. The van der Waals surface area contributed by atoms with E-state index in [9.17, 15) is 4.79 Å². The monoisotopic (exact) mass is 353 g/mol. The third kappa shape index (κ3) is 3.67. The minimum atomic E-state index is -0.244. The number of hydrogen-bond donors (Lipinski definition) is 0. The Hall–Kier alpha value is -2.54. The maximum Gasteiger partial charge on any atom is 0.251 e. The molecule has 4 rings (SSSR count). The van der Waals surface area contributed by atoms with Crippen molar-refractivity contribution in [1.29, 1.82) is 0 Å². The number of carbonyl (C=O) groups is 1. The Morgan fingerprint density at radius 3 is 2.88 bits per heavy atom. The molecule has 2 aliphatic rings. The van der Waals surface area contributed by atoms with Crippen molar-refractivity contribution in [3.8, 4) is 11.3 Å². The summed E-state index contributed by atoms with van der Waals surface area (Å²) in [7, 11) is 0. The molecule has 0 saturated carbocycles. The van der Waals surface area contributed by atoms with Crippen LogP contribution in [0.25, 0.3) is 11.3 Å². The lowest BCUT2D eigenvalue weighted by Gasteiger charge is -2.24. The number of ether oxygens (including phenoxy) is 1. The molecule has 7 heteroatoms. The van der Waals surface area contributed by atoms with E-state index in [2.05, 4.69) is 14.9 Å². The first-order valence-electron chi connectivity index (χ1n) is 9.20. The molecule has 136 valence electrons.